The van der Waals surface area contributed by atoms with Crippen LogP contribution in [-0.2, 0) is 6.54 Å². The fraction of sp³-hybridized carbons (Fsp3) is 0.200. The van der Waals surface area contributed by atoms with Crippen LogP contribution < -0.4 is 5.32 Å². The Balaban J connectivity index is 2.06. The van der Waals surface area contributed by atoms with Crippen LogP contribution in [0.1, 0.15) is 24.1 Å². The lowest BCUT2D eigenvalue weighted by atomic mass is 10.1. The van der Waals surface area contributed by atoms with Crippen molar-refractivity contribution in [2.75, 3.05) is 0 Å². The molecule has 0 aliphatic rings. The lowest BCUT2D eigenvalue weighted by Gasteiger charge is -2.15. The van der Waals surface area contributed by atoms with Crippen molar-refractivity contribution < 1.29 is 4.39 Å². The average molecular weight is 343 g/mol. The average Bonchev–Trinajstić information content (AvgIpc) is 2.38. The van der Waals surface area contributed by atoms with Crippen LogP contribution in [0.2, 0.25) is 5.02 Å². The molecule has 0 aliphatic heterocycles. The Kier molecular flexibility index (Phi) is 4.97. The number of benzene rings is 2. The van der Waals surface area contributed by atoms with Gasteiger partial charge in [-0.15, -0.1) is 0 Å². The molecule has 1 N–H and O–H groups in total. The maximum absolute atomic E-state index is 13.6. The summed E-state index contributed by atoms with van der Waals surface area (Å²) >= 11 is 9.44. The van der Waals surface area contributed by atoms with E-state index in [1.807, 2.05) is 31.2 Å². The van der Waals surface area contributed by atoms with Gasteiger partial charge in [-0.3, -0.25) is 0 Å². The number of halogens is 3. The minimum atomic E-state index is -0.276. The lowest BCUT2D eigenvalue weighted by Crippen LogP contribution is -2.19. The van der Waals surface area contributed by atoms with E-state index in [4.69, 9.17) is 11.6 Å². The molecule has 2 rings (SSSR count). The van der Waals surface area contributed by atoms with Crippen LogP contribution in [0, 0.1) is 5.82 Å². The number of hydrogen-bond acceptors (Lipinski definition) is 1. The van der Waals surface area contributed by atoms with Crippen LogP contribution in [0.3, 0.4) is 0 Å². The Morgan fingerprint density at radius 2 is 2.00 bits per heavy atom. The zero-order valence-electron chi connectivity index (χ0n) is 10.5. The van der Waals surface area contributed by atoms with E-state index in [1.165, 1.54) is 6.07 Å². The van der Waals surface area contributed by atoms with Gasteiger partial charge in [-0.25, -0.2) is 4.39 Å². The van der Waals surface area contributed by atoms with Crippen molar-refractivity contribution >= 4 is 27.5 Å². The highest BCUT2D eigenvalue weighted by atomic mass is 79.9. The van der Waals surface area contributed by atoms with Crippen molar-refractivity contribution in [3.8, 4) is 0 Å². The molecule has 1 atom stereocenters. The van der Waals surface area contributed by atoms with E-state index in [2.05, 4.69) is 21.2 Å². The van der Waals surface area contributed by atoms with Crippen molar-refractivity contribution in [2.24, 2.45) is 0 Å². The third-order valence-corrected chi connectivity index (χ3v) is 3.84. The Morgan fingerprint density at radius 1 is 1.26 bits per heavy atom. The predicted molar refractivity (Wildman–Crippen MR) is 80.8 cm³/mol. The molecule has 0 saturated carbocycles. The van der Waals surface area contributed by atoms with Crippen LogP contribution in [0.15, 0.2) is 46.9 Å². The molecule has 0 amide bonds. The summed E-state index contributed by atoms with van der Waals surface area (Å²) in [6.07, 6.45) is 0. The summed E-state index contributed by atoms with van der Waals surface area (Å²) in [5, 5.41) is 3.73. The minimum absolute atomic E-state index is 0.119. The lowest BCUT2D eigenvalue weighted by molar-refractivity contribution is 0.544. The van der Waals surface area contributed by atoms with Gasteiger partial charge in [0.2, 0.25) is 0 Å². The molecule has 0 radical (unpaired) electrons. The maximum Gasteiger partial charge on any atom is 0.129 e. The first kappa shape index (κ1) is 14.5. The molecule has 100 valence electrons. The summed E-state index contributed by atoms with van der Waals surface area (Å²) in [5.41, 5.74) is 1.65. The minimum Gasteiger partial charge on any atom is -0.306 e. The number of nitrogens with one attached hydrogen (secondary N) is 1. The van der Waals surface area contributed by atoms with Gasteiger partial charge in [-0.2, -0.15) is 0 Å². The van der Waals surface area contributed by atoms with Gasteiger partial charge in [0.05, 0.1) is 0 Å². The normalized spacial score (nSPS) is 12.4. The molecule has 0 unspecified atom stereocenters. The first-order valence-electron chi connectivity index (χ1n) is 5.99. The Hall–Kier alpha value is -0.900. The molecule has 0 heterocycles. The molecule has 0 saturated heterocycles. The van der Waals surface area contributed by atoms with Crippen molar-refractivity contribution in [1.82, 2.24) is 5.32 Å². The van der Waals surface area contributed by atoms with Gasteiger partial charge in [-0.05, 0) is 36.8 Å². The fourth-order valence-electron chi connectivity index (χ4n) is 1.85. The van der Waals surface area contributed by atoms with Gasteiger partial charge >= 0.3 is 0 Å². The third kappa shape index (κ3) is 3.78. The Labute approximate surface area is 125 Å². The van der Waals surface area contributed by atoms with Crippen molar-refractivity contribution in [3.05, 3.63) is 68.9 Å². The number of rotatable bonds is 4. The second-order valence-electron chi connectivity index (χ2n) is 4.36. The fourth-order valence-corrected chi connectivity index (χ4v) is 2.50. The maximum atomic E-state index is 13.6. The topological polar surface area (TPSA) is 12.0 Å². The van der Waals surface area contributed by atoms with Crippen LogP contribution in [0.25, 0.3) is 0 Å². The number of hydrogen-bond donors (Lipinski definition) is 1. The van der Waals surface area contributed by atoms with Gasteiger partial charge < -0.3 is 5.32 Å². The van der Waals surface area contributed by atoms with Gasteiger partial charge in [-0.1, -0.05) is 45.7 Å². The SMILES string of the molecule is C[C@H](NCc1c(F)cccc1Cl)c1cccc(Br)c1. The monoisotopic (exact) mass is 341 g/mol. The van der Waals surface area contributed by atoms with Crippen molar-refractivity contribution in [1.29, 1.82) is 0 Å². The summed E-state index contributed by atoms with van der Waals surface area (Å²) < 4.78 is 14.7. The van der Waals surface area contributed by atoms with E-state index in [-0.39, 0.29) is 11.9 Å². The second-order valence-corrected chi connectivity index (χ2v) is 5.68. The van der Waals surface area contributed by atoms with Crippen LogP contribution >= 0.6 is 27.5 Å². The molecule has 1 nitrogen and oxygen atoms in total. The summed E-state index contributed by atoms with van der Waals surface area (Å²) in [6.45, 7) is 2.44. The largest absolute Gasteiger partial charge is 0.306 e. The van der Waals surface area contributed by atoms with E-state index in [0.29, 0.717) is 17.1 Å². The molecule has 0 fully saturated rings. The van der Waals surface area contributed by atoms with E-state index >= 15 is 0 Å². The van der Waals surface area contributed by atoms with Gasteiger partial charge in [0.15, 0.2) is 0 Å². The molecule has 2 aromatic carbocycles. The highest BCUT2D eigenvalue weighted by Crippen LogP contribution is 2.21. The molecule has 0 bridgehead atoms. The molecule has 19 heavy (non-hydrogen) atoms. The zero-order chi connectivity index (χ0) is 13.8. The van der Waals surface area contributed by atoms with Gasteiger partial charge in [0.1, 0.15) is 5.82 Å². The summed E-state index contributed by atoms with van der Waals surface area (Å²) in [5.74, 6) is -0.276. The smallest absolute Gasteiger partial charge is 0.129 e. The van der Waals surface area contributed by atoms with Crippen LogP contribution in [0.5, 0.6) is 0 Å². The molecule has 0 aliphatic carbocycles. The highest BCUT2D eigenvalue weighted by Gasteiger charge is 2.10. The Bertz CT molecular complexity index is 554. The summed E-state index contributed by atoms with van der Waals surface area (Å²) in [7, 11) is 0. The quantitative estimate of drug-likeness (QED) is 0.816. The standard InChI is InChI=1S/C15H14BrClFN/c1-10(11-4-2-5-12(16)8-11)19-9-13-14(17)6-3-7-15(13)18/h2-8,10,19H,9H2,1H3/t10-/m0/s1. The molecular weight excluding hydrogens is 329 g/mol. The molecule has 2 aromatic rings. The molecule has 0 spiro atoms. The Morgan fingerprint density at radius 3 is 2.68 bits per heavy atom. The molecular formula is C15H14BrClFN. The summed E-state index contributed by atoms with van der Waals surface area (Å²) in [6, 6.07) is 12.9. The molecule has 4 heteroatoms. The van der Waals surface area contributed by atoms with E-state index in [9.17, 15) is 4.39 Å². The van der Waals surface area contributed by atoms with Gasteiger partial charge in [0.25, 0.3) is 0 Å². The third-order valence-electron chi connectivity index (χ3n) is 3.00. The second kappa shape index (κ2) is 6.51. The first-order chi connectivity index (χ1) is 9.08. The van der Waals surface area contributed by atoms with E-state index < -0.39 is 0 Å². The first-order valence-corrected chi connectivity index (χ1v) is 7.17. The highest BCUT2D eigenvalue weighted by molar-refractivity contribution is 9.10. The van der Waals surface area contributed by atoms with Crippen LogP contribution in [0.4, 0.5) is 4.39 Å². The van der Waals surface area contributed by atoms with Crippen molar-refractivity contribution in [2.45, 2.75) is 19.5 Å². The molecule has 0 aromatic heterocycles. The van der Waals surface area contributed by atoms with E-state index in [1.54, 1.807) is 12.1 Å². The van der Waals surface area contributed by atoms with E-state index in [0.717, 1.165) is 10.0 Å². The predicted octanol–water partition coefficient (Wildman–Crippen LogP) is 5.09. The van der Waals surface area contributed by atoms with Crippen LogP contribution in [-0.4, -0.2) is 0 Å². The van der Waals surface area contributed by atoms with Gasteiger partial charge in [0, 0.05) is 27.6 Å². The zero-order valence-corrected chi connectivity index (χ0v) is 12.8. The summed E-state index contributed by atoms with van der Waals surface area (Å²) in [4.78, 5) is 0. The van der Waals surface area contributed by atoms with Crippen molar-refractivity contribution in [3.63, 3.8) is 0 Å².